The van der Waals surface area contributed by atoms with E-state index in [0.29, 0.717) is 28.5 Å². The van der Waals surface area contributed by atoms with E-state index in [1.54, 1.807) is 48.7 Å². The Morgan fingerprint density at radius 2 is 1.93 bits per heavy atom. The molecule has 0 bridgehead atoms. The predicted octanol–water partition coefficient (Wildman–Crippen LogP) is 1.82. The second kappa shape index (κ2) is 8.34. The standard InChI is InChI=1S/C21H23N7O2/c22-19(29)18-17(27-20(28(18)23)15-5-1-3-11-24-15)13-7-9-14(10-8-13)21(30)26-16-6-2-4-12-25-16/h2,4,6-10,12,15,24H,1,3,5,11,23H2,(H2,22,29)(H,25,26,30). The van der Waals surface area contributed by atoms with E-state index in [4.69, 9.17) is 11.6 Å². The molecule has 1 atom stereocenters. The number of imidazole rings is 1. The van der Waals surface area contributed by atoms with Gasteiger partial charge in [0.15, 0.2) is 5.69 Å². The maximum atomic E-state index is 12.4. The van der Waals surface area contributed by atoms with E-state index in [2.05, 4.69) is 20.6 Å². The fourth-order valence-corrected chi connectivity index (χ4v) is 3.61. The van der Waals surface area contributed by atoms with Gasteiger partial charge in [-0.25, -0.2) is 14.6 Å². The highest BCUT2D eigenvalue weighted by atomic mass is 16.2. The summed E-state index contributed by atoms with van der Waals surface area (Å²) in [6, 6.07) is 12.0. The van der Waals surface area contributed by atoms with Crippen molar-refractivity contribution in [3.8, 4) is 11.3 Å². The molecule has 0 radical (unpaired) electrons. The average Bonchev–Trinajstić information content (AvgIpc) is 3.12. The third-order valence-corrected chi connectivity index (χ3v) is 5.12. The van der Waals surface area contributed by atoms with Crippen molar-refractivity contribution in [3.05, 3.63) is 65.7 Å². The number of rotatable bonds is 5. The number of nitrogens with one attached hydrogen (secondary N) is 2. The van der Waals surface area contributed by atoms with E-state index in [1.807, 2.05) is 0 Å². The van der Waals surface area contributed by atoms with Crippen LogP contribution in [0.5, 0.6) is 0 Å². The van der Waals surface area contributed by atoms with E-state index in [9.17, 15) is 9.59 Å². The first-order valence-electron chi connectivity index (χ1n) is 9.78. The number of carbonyl (C=O) groups excluding carboxylic acids is 2. The number of anilines is 1. The van der Waals surface area contributed by atoms with Crippen LogP contribution in [0.25, 0.3) is 11.3 Å². The lowest BCUT2D eigenvalue weighted by Gasteiger charge is -2.22. The van der Waals surface area contributed by atoms with Crippen molar-refractivity contribution >= 4 is 17.6 Å². The molecule has 3 heterocycles. The molecule has 6 N–H and O–H groups in total. The molecule has 1 unspecified atom stereocenters. The van der Waals surface area contributed by atoms with E-state index in [0.717, 1.165) is 25.8 Å². The predicted molar refractivity (Wildman–Crippen MR) is 113 cm³/mol. The van der Waals surface area contributed by atoms with Crippen molar-refractivity contribution in [1.82, 2.24) is 20.0 Å². The smallest absolute Gasteiger partial charge is 0.269 e. The molecule has 2 amide bonds. The van der Waals surface area contributed by atoms with Crippen molar-refractivity contribution in [1.29, 1.82) is 0 Å². The third kappa shape index (κ3) is 3.87. The van der Waals surface area contributed by atoms with E-state index in [1.165, 1.54) is 4.68 Å². The van der Waals surface area contributed by atoms with Gasteiger partial charge in [-0.1, -0.05) is 24.6 Å². The molecule has 3 aromatic rings. The lowest BCUT2D eigenvalue weighted by atomic mass is 10.0. The van der Waals surface area contributed by atoms with Gasteiger partial charge in [-0.15, -0.1) is 0 Å². The van der Waals surface area contributed by atoms with Crippen LogP contribution in [-0.2, 0) is 0 Å². The minimum absolute atomic E-state index is 0.0287. The fourth-order valence-electron chi connectivity index (χ4n) is 3.61. The molecule has 9 heteroatoms. The summed E-state index contributed by atoms with van der Waals surface area (Å²) < 4.78 is 1.28. The average molecular weight is 405 g/mol. The summed E-state index contributed by atoms with van der Waals surface area (Å²) in [4.78, 5) is 33.2. The topological polar surface area (TPSA) is 141 Å². The molecular formula is C21H23N7O2. The summed E-state index contributed by atoms with van der Waals surface area (Å²) in [5.41, 5.74) is 7.24. The third-order valence-electron chi connectivity index (χ3n) is 5.12. The molecule has 1 aliphatic rings. The van der Waals surface area contributed by atoms with Gasteiger partial charge in [0, 0.05) is 17.3 Å². The van der Waals surface area contributed by atoms with Gasteiger partial charge in [0.2, 0.25) is 0 Å². The van der Waals surface area contributed by atoms with Gasteiger partial charge in [0.05, 0.1) is 6.04 Å². The number of nitrogen functional groups attached to an aromatic ring is 1. The Hall–Kier alpha value is -3.72. The first kappa shape index (κ1) is 19.6. The summed E-state index contributed by atoms with van der Waals surface area (Å²) in [5.74, 6) is 6.29. The van der Waals surface area contributed by atoms with Crippen LogP contribution in [-0.4, -0.2) is 33.0 Å². The second-order valence-corrected chi connectivity index (χ2v) is 7.15. The van der Waals surface area contributed by atoms with Crippen LogP contribution in [0.4, 0.5) is 5.82 Å². The number of primary amides is 1. The van der Waals surface area contributed by atoms with Crippen LogP contribution in [0.2, 0.25) is 0 Å². The molecule has 1 aliphatic heterocycles. The lowest BCUT2D eigenvalue weighted by molar-refractivity contribution is 0.0991. The minimum atomic E-state index is -0.654. The summed E-state index contributed by atoms with van der Waals surface area (Å²) in [7, 11) is 0. The summed E-state index contributed by atoms with van der Waals surface area (Å²) in [6.07, 6.45) is 4.65. The maximum Gasteiger partial charge on any atom is 0.269 e. The van der Waals surface area contributed by atoms with Crippen molar-refractivity contribution in [2.75, 3.05) is 17.7 Å². The molecule has 1 fully saturated rings. The van der Waals surface area contributed by atoms with Gasteiger partial charge in [-0.2, -0.15) is 0 Å². The molecule has 0 spiro atoms. The molecule has 30 heavy (non-hydrogen) atoms. The molecule has 154 valence electrons. The largest absolute Gasteiger partial charge is 0.364 e. The van der Waals surface area contributed by atoms with Gasteiger partial charge in [-0.3, -0.25) is 9.59 Å². The number of amides is 2. The summed E-state index contributed by atoms with van der Waals surface area (Å²) >= 11 is 0. The lowest BCUT2D eigenvalue weighted by Crippen LogP contribution is -2.32. The number of benzene rings is 1. The fraction of sp³-hybridized carbons (Fsp3) is 0.238. The molecule has 2 aromatic heterocycles. The number of nitrogens with two attached hydrogens (primary N) is 2. The molecule has 0 saturated carbocycles. The number of carbonyl (C=O) groups is 2. The van der Waals surface area contributed by atoms with Crippen molar-refractivity contribution in [3.63, 3.8) is 0 Å². The Morgan fingerprint density at radius 3 is 2.57 bits per heavy atom. The van der Waals surface area contributed by atoms with Crippen molar-refractivity contribution in [2.24, 2.45) is 5.73 Å². The highest BCUT2D eigenvalue weighted by Crippen LogP contribution is 2.28. The summed E-state index contributed by atoms with van der Waals surface area (Å²) in [6.45, 7) is 0.874. The minimum Gasteiger partial charge on any atom is -0.364 e. The van der Waals surface area contributed by atoms with Crippen molar-refractivity contribution < 1.29 is 9.59 Å². The second-order valence-electron chi connectivity index (χ2n) is 7.15. The number of pyridine rings is 1. The maximum absolute atomic E-state index is 12.4. The molecule has 0 aliphatic carbocycles. The van der Waals surface area contributed by atoms with Gasteiger partial charge in [-0.05, 0) is 43.7 Å². The van der Waals surface area contributed by atoms with Gasteiger partial charge in [0.25, 0.3) is 11.8 Å². The molecule has 9 nitrogen and oxygen atoms in total. The zero-order valence-electron chi connectivity index (χ0n) is 16.3. The van der Waals surface area contributed by atoms with E-state index in [-0.39, 0.29) is 17.6 Å². The van der Waals surface area contributed by atoms with Crippen LogP contribution in [0.15, 0.2) is 48.7 Å². The Kier molecular flexibility index (Phi) is 5.44. The SMILES string of the molecule is NC(=O)c1c(-c2ccc(C(=O)Nc3ccccn3)cc2)nc(C2CCCCN2)n1N. The molecule has 1 saturated heterocycles. The van der Waals surface area contributed by atoms with Gasteiger partial charge in [0.1, 0.15) is 17.3 Å². The number of aromatic nitrogens is 3. The first-order chi connectivity index (χ1) is 14.5. The molecule has 4 rings (SSSR count). The van der Waals surface area contributed by atoms with Crippen LogP contribution in [0, 0.1) is 0 Å². The van der Waals surface area contributed by atoms with Crippen molar-refractivity contribution in [2.45, 2.75) is 25.3 Å². The van der Waals surface area contributed by atoms with Gasteiger partial charge >= 0.3 is 0 Å². The van der Waals surface area contributed by atoms with Crippen LogP contribution < -0.4 is 22.2 Å². The summed E-state index contributed by atoms with van der Waals surface area (Å²) in [5, 5.41) is 6.11. The number of hydrogen-bond acceptors (Lipinski definition) is 6. The normalized spacial score (nSPS) is 16.2. The number of nitrogens with zero attached hydrogens (tertiary/aromatic N) is 3. The van der Waals surface area contributed by atoms with Gasteiger partial charge < -0.3 is 22.2 Å². The zero-order valence-corrected chi connectivity index (χ0v) is 16.3. The zero-order chi connectivity index (χ0) is 21.1. The Balaban J connectivity index is 1.62. The monoisotopic (exact) mass is 405 g/mol. The first-order valence-corrected chi connectivity index (χ1v) is 9.78. The Labute approximate surface area is 173 Å². The highest BCUT2D eigenvalue weighted by molar-refractivity contribution is 6.04. The van der Waals surface area contributed by atoms with Crippen LogP contribution in [0.1, 0.15) is 52.0 Å². The quantitative estimate of drug-likeness (QED) is 0.477. The highest BCUT2D eigenvalue weighted by Gasteiger charge is 2.27. The van der Waals surface area contributed by atoms with E-state index < -0.39 is 5.91 Å². The molecular weight excluding hydrogens is 382 g/mol. The molecule has 1 aromatic carbocycles. The van der Waals surface area contributed by atoms with Crippen LogP contribution >= 0.6 is 0 Å². The van der Waals surface area contributed by atoms with E-state index >= 15 is 0 Å². The number of hydrogen-bond donors (Lipinski definition) is 4. The Bertz CT molecular complexity index is 1050. The van der Waals surface area contributed by atoms with Crippen LogP contribution in [0.3, 0.4) is 0 Å². The number of piperidine rings is 1. The Morgan fingerprint density at radius 1 is 1.13 bits per heavy atom.